The highest BCUT2D eigenvalue weighted by atomic mass is 16.5. The first kappa shape index (κ1) is 28.4. The van der Waals surface area contributed by atoms with Crippen molar-refractivity contribution in [2.75, 3.05) is 18.1 Å². The summed E-state index contributed by atoms with van der Waals surface area (Å²) in [6.07, 6.45) is 3.07. The number of furan rings is 2. The summed E-state index contributed by atoms with van der Waals surface area (Å²) in [5.74, 6) is 0.774. The highest BCUT2D eigenvalue weighted by Crippen LogP contribution is 2.26. The predicted molar refractivity (Wildman–Crippen MR) is 157 cm³/mol. The van der Waals surface area contributed by atoms with Gasteiger partial charge in [0.15, 0.2) is 33.8 Å². The summed E-state index contributed by atoms with van der Waals surface area (Å²) in [5, 5.41) is 25.2. The van der Waals surface area contributed by atoms with Gasteiger partial charge in [0.25, 0.3) is 0 Å². The second-order valence-electron chi connectivity index (χ2n) is 9.27. The third-order valence-electron chi connectivity index (χ3n) is 6.24. The van der Waals surface area contributed by atoms with Crippen molar-refractivity contribution >= 4 is 40.2 Å². The van der Waals surface area contributed by atoms with E-state index in [1.807, 2.05) is 12.1 Å². The molecule has 0 radical (unpaired) electrons. The summed E-state index contributed by atoms with van der Waals surface area (Å²) in [7, 11) is 0. The van der Waals surface area contributed by atoms with Gasteiger partial charge in [-0.25, -0.2) is 19.3 Å². The van der Waals surface area contributed by atoms with Gasteiger partial charge in [-0.15, -0.1) is 10.2 Å². The first-order valence-corrected chi connectivity index (χ1v) is 13.4. The zero-order chi connectivity index (χ0) is 31.3. The molecule has 0 bridgehead atoms. The van der Waals surface area contributed by atoms with E-state index in [-0.39, 0.29) is 18.4 Å². The van der Waals surface area contributed by atoms with E-state index in [0.29, 0.717) is 64.0 Å². The minimum atomic E-state index is -0.430. The van der Waals surface area contributed by atoms with Crippen molar-refractivity contribution in [3.63, 3.8) is 0 Å². The Bertz CT molecular complexity index is 2150. The summed E-state index contributed by atoms with van der Waals surface area (Å²) in [5.41, 5.74) is 15.7. The van der Waals surface area contributed by atoms with E-state index < -0.39 is 5.97 Å². The first-order valence-electron chi connectivity index (χ1n) is 13.4. The maximum Gasteiger partial charge on any atom is 0.327 e. The van der Waals surface area contributed by atoms with E-state index in [0.717, 1.165) is 5.56 Å². The Morgan fingerprint density at radius 1 is 0.867 bits per heavy atom. The quantitative estimate of drug-likeness (QED) is 0.248. The van der Waals surface area contributed by atoms with Crippen LogP contribution in [0.5, 0.6) is 0 Å². The Morgan fingerprint density at radius 3 is 2.02 bits per heavy atom. The lowest BCUT2D eigenvalue weighted by molar-refractivity contribution is -0.144. The molecule has 6 aromatic heterocycles. The number of aromatic nitrogens is 10. The zero-order valence-corrected chi connectivity index (χ0v) is 23.6. The second-order valence-corrected chi connectivity index (χ2v) is 9.27. The van der Waals surface area contributed by atoms with Crippen molar-refractivity contribution in [3.8, 4) is 29.0 Å². The van der Waals surface area contributed by atoms with Gasteiger partial charge >= 0.3 is 5.97 Å². The van der Waals surface area contributed by atoms with Crippen molar-refractivity contribution in [1.82, 2.24) is 49.9 Å². The largest absolute Gasteiger partial charge is 0.465 e. The maximum atomic E-state index is 11.5. The SMILES string of the molecule is CCOC(=O)Cn1nnc2c(-c3ccco3)nc(N)nc21.N#Cc1cccc(Cn2nnc3c(-c4ccco4)nc(N)nc32)c1. The molecule has 0 atom stereocenters. The topological polar surface area (TPSA) is 241 Å². The lowest BCUT2D eigenvalue weighted by Crippen LogP contribution is -2.15. The van der Waals surface area contributed by atoms with Crippen LogP contribution in [0.4, 0.5) is 11.9 Å². The molecule has 224 valence electrons. The normalized spacial score (nSPS) is 10.8. The Morgan fingerprint density at radius 2 is 1.47 bits per heavy atom. The molecule has 0 saturated heterocycles. The molecule has 0 saturated carbocycles. The van der Waals surface area contributed by atoms with Crippen molar-refractivity contribution in [1.29, 1.82) is 5.26 Å². The summed E-state index contributed by atoms with van der Waals surface area (Å²) in [4.78, 5) is 28.2. The van der Waals surface area contributed by atoms with Gasteiger partial charge < -0.3 is 25.0 Å². The lowest BCUT2D eigenvalue weighted by atomic mass is 10.1. The Labute approximate surface area is 253 Å². The average molecular weight is 606 g/mol. The molecule has 17 heteroatoms. The van der Waals surface area contributed by atoms with Crippen LogP contribution in [0.2, 0.25) is 0 Å². The molecule has 6 heterocycles. The van der Waals surface area contributed by atoms with Gasteiger partial charge in [-0.2, -0.15) is 15.2 Å². The smallest absolute Gasteiger partial charge is 0.327 e. The van der Waals surface area contributed by atoms with Gasteiger partial charge in [0.2, 0.25) is 11.9 Å². The number of nitrogen functional groups attached to an aromatic ring is 2. The number of esters is 1. The molecule has 0 aliphatic heterocycles. The van der Waals surface area contributed by atoms with Crippen LogP contribution in [0.15, 0.2) is 69.9 Å². The number of nitrogens with zero attached hydrogens (tertiary/aromatic N) is 11. The molecule has 7 rings (SSSR count). The maximum absolute atomic E-state index is 11.5. The molecule has 45 heavy (non-hydrogen) atoms. The van der Waals surface area contributed by atoms with E-state index in [1.165, 1.54) is 10.9 Å². The van der Waals surface area contributed by atoms with Crippen molar-refractivity contribution in [2.24, 2.45) is 0 Å². The van der Waals surface area contributed by atoms with Crippen molar-refractivity contribution in [2.45, 2.75) is 20.0 Å². The number of hydrogen-bond donors (Lipinski definition) is 2. The van der Waals surface area contributed by atoms with Crippen LogP contribution in [-0.4, -0.2) is 62.5 Å². The second kappa shape index (κ2) is 12.3. The van der Waals surface area contributed by atoms with Crippen LogP contribution in [-0.2, 0) is 22.6 Å². The zero-order valence-electron chi connectivity index (χ0n) is 23.6. The molecule has 17 nitrogen and oxygen atoms in total. The number of nitrogens with two attached hydrogens (primary N) is 2. The number of benzene rings is 1. The van der Waals surface area contributed by atoms with Crippen LogP contribution >= 0.6 is 0 Å². The molecule has 0 aliphatic rings. The van der Waals surface area contributed by atoms with Gasteiger partial charge in [-0.1, -0.05) is 22.6 Å². The highest BCUT2D eigenvalue weighted by molar-refractivity contribution is 5.87. The summed E-state index contributed by atoms with van der Waals surface area (Å²) < 4.78 is 18.5. The summed E-state index contributed by atoms with van der Waals surface area (Å²) in [6.45, 7) is 2.34. The van der Waals surface area contributed by atoms with E-state index in [1.54, 1.807) is 54.3 Å². The van der Waals surface area contributed by atoms with E-state index in [9.17, 15) is 4.79 Å². The first-order chi connectivity index (χ1) is 21.9. The van der Waals surface area contributed by atoms with Gasteiger partial charge in [-0.05, 0) is 48.9 Å². The minimum Gasteiger partial charge on any atom is -0.465 e. The van der Waals surface area contributed by atoms with E-state index >= 15 is 0 Å². The van der Waals surface area contributed by atoms with Crippen LogP contribution in [0.3, 0.4) is 0 Å². The number of carbonyl (C=O) groups excluding carboxylic acids is 1. The molecule has 0 amide bonds. The summed E-state index contributed by atoms with van der Waals surface area (Å²) in [6, 6.07) is 16.4. The monoisotopic (exact) mass is 605 g/mol. The minimum absolute atomic E-state index is 0.0429. The number of fused-ring (bicyclic) bond motifs is 2. The molecule has 0 spiro atoms. The Hall–Kier alpha value is -6.70. The fourth-order valence-corrected chi connectivity index (χ4v) is 4.37. The lowest BCUT2D eigenvalue weighted by Gasteiger charge is -2.04. The molecular weight excluding hydrogens is 582 g/mol. The predicted octanol–water partition coefficient (Wildman–Crippen LogP) is 2.61. The molecule has 4 N–H and O–H groups in total. The van der Waals surface area contributed by atoms with Gasteiger partial charge in [0, 0.05) is 0 Å². The van der Waals surface area contributed by atoms with E-state index in [4.69, 9.17) is 30.3 Å². The van der Waals surface area contributed by atoms with E-state index in [2.05, 4.69) is 46.6 Å². The Balaban J connectivity index is 0.000000160. The van der Waals surface area contributed by atoms with Gasteiger partial charge in [-0.3, -0.25) is 4.79 Å². The average Bonchev–Trinajstić information content (AvgIpc) is 3.86. The number of carbonyl (C=O) groups is 1. The summed E-state index contributed by atoms with van der Waals surface area (Å²) >= 11 is 0. The van der Waals surface area contributed by atoms with Gasteiger partial charge in [0.05, 0.1) is 37.3 Å². The fourth-order valence-electron chi connectivity index (χ4n) is 4.37. The molecule has 1 aromatic carbocycles. The van der Waals surface area contributed by atoms with Crippen LogP contribution < -0.4 is 11.5 Å². The third-order valence-corrected chi connectivity index (χ3v) is 6.24. The number of ether oxygens (including phenoxy) is 1. The number of nitriles is 1. The number of rotatable bonds is 7. The van der Waals surface area contributed by atoms with Crippen molar-refractivity contribution < 1.29 is 18.4 Å². The van der Waals surface area contributed by atoms with Crippen molar-refractivity contribution in [3.05, 3.63) is 72.2 Å². The third kappa shape index (κ3) is 5.96. The highest BCUT2D eigenvalue weighted by Gasteiger charge is 2.19. The number of hydrogen-bond acceptors (Lipinski definition) is 15. The van der Waals surface area contributed by atoms with Crippen LogP contribution in [0.25, 0.3) is 45.2 Å². The standard InChI is InChI=1S/C16H11N7O.C12H12N6O3/c17-8-10-3-1-4-11(7-10)9-23-15-14(21-22-23)13(19-16(18)20-15)12-5-2-6-24-12;1-2-20-8(19)6-18-11-10(16-17-18)9(14-12(13)15-11)7-4-3-5-21-7/h1-7H,9H2,(H2,18,19,20);3-5H,2,6H2,1H3,(H2,13,14,15). The molecule has 7 aromatic rings. The molecular formula is C28H23N13O4. The molecule has 0 aliphatic carbocycles. The fraction of sp³-hybridized carbons (Fsp3) is 0.143. The van der Waals surface area contributed by atoms with Crippen LogP contribution in [0.1, 0.15) is 18.1 Å². The van der Waals surface area contributed by atoms with Gasteiger partial charge in [0.1, 0.15) is 17.9 Å². The molecule has 0 unspecified atom stereocenters. The number of anilines is 2. The Kier molecular flexibility index (Phi) is 7.75. The van der Waals surface area contributed by atoms with Crippen LogP contribution in [0, 0.1) is 11.3 Å². The molecule has 0 fully saturated rings.